The molecule has 0 aliphatic heterocycles. The lowest BCUT2D eigenvalue weighted by Crippen LogP contribution is -2.50. The average molecular weight is 272 g/mol. The van der Waals surface area contributed by atoms with Gasteiger partial charge >= 0.3 is 5.97 Å². The largest absolute Gasteiger partial charge is 0.467 e. The zero-order valence-corrected chi connectivity index (χ0v) is 12.9. The third-order valence-electron chi connectivity index (χ3n) is 2.68. The predicted octanol–water partition coefficient (Wildman–Crippen LogP) is 1.45. The van der Waals surface area contributed by atoms with Crippen LogP contribution < -0.4 is 11.1 Å². The third-order valence-corrected chi connectivity index (χ3v) is 2.68. The van der Waals surface area contributed by atoms with Gasteiger partial charge in [0.1, 0.15) is 6.04 Å². The summed E-state index contributed by atoms with van der Waals surface area (Å²) in [6.45, 7) is 10.0. The summed E-state index contributed by atoms with van der Waals surface area (Å²) in [6.07, 6.45) is 1.11. The zero-order valence-electron chi connectivity index (χ0n) is 12.9. The highest BCUT2D eigenvalue weighted by Crippen LogP contribution is 2.20. The molecule has 5 heteroatoms. The molecule has 0 aromatic carbocycles. The average Bonchev–Trinajstić information content (AvgIpc) is 2.23. The molecule has 0 aromatic heterocycles. The summed E-state index contributed by atoms with van der Waals surface area (Å²) in [6, 6.07) is -1.23. The molecule has 0 fully saturated rings. The van der Waals surface area contributed by atoms with Crippen LogP contribution in [-0.2, 0) is 14.3 Å². The van der Waals surface area contributed by atoms with Crippen molar-refractivity contribution in [2.24, 2.45) is 17.1 Å². The molecule has 2 atom stereocenters. The summed E-state index contributed by atoms with van der Waals surface area (Å²) in [5.74, 6) is -0.445. The minimum Gasteiger partial charge on any atom is -0.467 e. The first kappa shape index (κ1) is 17.9. The molecule has 3 N–H and O–H groups in total. The molecule has 0 rings (SSSR count). The fourth-order valence-electron chi connectivity index (χ4n) is 1.86. The van der Waals surface area contributed by atoms with Crippen molar-refractivity contribution in [1.29, 1.82) is 0 Å². The van der Waals surface area contributed by atoms with Crippen molar-refractivity contribution in [1.82, 2.24) is 5.32 Å². The Hall–Kier alpha value is -1.10. The van der Waals surface area contributed by atoms with Crippen molar-refractivity contribution in [3.05, 3.63) is 0 Å². The van der Waals surface area contributed by atoms with Crippen molar-refractivity contribution < 1.29 is 14.3 Å². The van der Waals surface area contributed by atoms with Gasteiger partial charge in [0.05, 0.1) is 13.2 Å². The lowest BCUT2D eigenvalue weighted by Gasteiger charge is -2.25. The number of methoxy groups -OCH3 is 1. The third kappa shape index (κ3) is 7.82. The summed E-state index contributed by atoms with van der Waals surface area (Å²) in [5, 5.41) is 2.68. The van der Waals surface area contributed by atoms with E-state index in [-0.39, 0.29) is 17.2 Å². The Morgan fingerprint density at radius 2 is 1.79 bits per heavy atom. The topological polar surface area (TPSA) is 81.4 Å². The number of carbonyl (C=O) groups excluding carboxylic acids is 2. The number of rotatable bonds is 6. The fourth-order valence-corrected chi connectivity index (χ4v) is 1.86. The predicted molar refractivity (Wildman–Crippen MR) is 75.4 cm³/mol. The van der Waals surface area contributed by atoms with Crippen molar-refractivity contribution in [2.75, 3.05) is 7.11 Å². The maximum absolute atomic E-state index is 12.0. The van der Waals surface area contributed by atoms with Gasteiger partial charge in [-0.2, -0.15) is 0 Å². The number of amides is 1. The van der Waals surface area contributed by atoms with Gasteiger partial charge in [0.2, 0.25) is 5.91 Å². The minimum atomic E-state index is -0.622. The number of esters is 1. The minimum absolute atomic E-state index is 0.0322. The van der Waals surface area contributed by atoms with E-state index in [4.69, 9.17) is 10.5 Å². The number of hydrogen-bond donors (Lipinski definition) is 2. The molecule has 19 heavy (non-hydrogen) atoms. The normalized spacial score (nSPS) is 14.9. The van der Waals surface area contributed by atoms with Gasteiger partial charge in [-0.05, 0) is 24.2 Å². The summed E-state index contributed by atoms with van der Waals surface area (Å²) in [4.78, 5) is 23.6. The number of carbonyl (C=O) groups is 2. The van der Waals surface area contributed by atoms with E-state index in [2.05, 4.69) is 5.32 Å². The number of nitrogens with two attached hydrogens (primary N) is 1. The Kier molecular flexibility index (Phi) is 7.05. The van der Waals surface area contributed by atoms with E-state index in [1.165, 1.54) is 7.11 Å². The van der Waals surface area contributed by atoms with Crippen LogP contribution in [0.15, 0.2) is 0 Å². The van der Waals surface area contributed by atoms with Crippen molar-refractivity contribution in [3.63, 3.8) is 0 Å². The summed E-state index contributed by atoms with van der Waals surface area (Å²) in [7, 11) is 1.32. The fraction of sp³-hybridized carbons (Fsp3) is 0.857. The first-order valence-electron chi connectivity index (χ1n) is 6.70. The van der Waals surface area contributed by atoms with Crippen molar-refractivity contribution >= 4 is 11.9 Å². The molecule has 1 amide bonds. The van der Waals surface area contributed by atoms with E-state index in [0.717, 1.165) is 0 Å². The van der Waals surface area contributed by atoms with E-state index in [0.29, 0.717) is 12.8 Å². The summed E-state index contributed by atoms with van der Waals surface area (Å²) in [5.41, 5.74) is 5.83. The Bertz CT molecular complexity index is 308. The van der Waals surface area contributed by atoms with Crippen LogP contribution in [0.3, 0.4) is 0 Å². The van der Waals surface area contributed by atoms with Crippen LogP contribution >= 0.6 is 0 Å². The molecule has 112 valence electrons. The number of ether oxygens (including phenoxy) is 1. The van der Waals surface area contributed by atoms with E-state index >= 15 is 0 Å². The molecule has 0 heterocycles. The SMILES string of the molecule is COC(=O)[C@H](CC(C)C)NC(=O)[C@@H](N)CC(C)(C)C. The van der Waals surface area contributed by atoms with E-state index in [1.54, 1.807) is 0 Å². The van der Waals surface area contributed by atoms with Gasteiger partial charge < -0.3 is 15.8 Å². The van der Waals surface area contributed by atoms with Crippen LogP contribution in [0.4, 0.5) is 0 Å². The van der Waals surface area contributed by atoms with Gasteiger partial charge in [0.25, 0.3) is 0 Å². The molecular formula is C14H28N2O3. The highest BCUT2D eigenvalue weighted by molar-refractivity contribution is 5.87. The van der Waals surface area contributed by atoms with Gasteiger partial charge in [-0.1, -0.05) is 34.6 Å². The molecule has 0 saturated carbocycles. The molecule has 0 aliphatic carbocycles. The molecule has 0 radical (unpaired) electrons. The van der Waals surface area contributed by atoms with Gasteiger partial charge in [0, 0.05) is 0 Å². The van der Waals surface area contributed by atoms with Crippen LogP contribution in [-0.4, -0.2) is 31.1 Å². The van der Waals surface area contributed by atoms with Crippen LogP contribution in [0, 0.1) is 11.3 Å². The number of nitrogens with one attached hydrogen (secondary N) is 1. The second-order valence-electron chi connectivity index (χ2n) is 6.59. The van der Waals surface area contributed by atoms with Crippen molar-refractivity contribution in [2.45, 2.75) is 59.5 Å². The standard InChI is InChI=1S/C14H28N2O3/c1-9(2)7-11(13(18)19-6)16-12(17)10(15)8-14(3,4)5/h9-11H,7-8,15H2,1-6H3,(H,16,17)/t10-,11-/m0/s1. The molecular weight excluding hydrogens is 244 g/mol. The molecule has 0 spiro atoms. The van der Waals surface area contributed by atoms with Gasteiger partial charge in [0.15, 0.2) is 0 Å². The second-order valence-corrected chi connectivity index (χ2v) is 6.59. The maximum Gasteiger partial charge on any atom is 0.328 e. The van der Waals surface area contributed by atoms with Gasteiger partial charge in [-0.3, -0.25) is 4.79 Å². The smallest absolute Gasteiger partial charge is 0.328 e. The second kappa shape index (κ2) is 7.48. The molecule has 0 saturated heterocycles. The Labute approximate surface area is 116 Å². The van der Waals surface area contributed by atoms with E-state index < -0.39 is 18.1 Å². The highest BCUT2D eigenvalue weighted by atomic mass is 16.5. The number of hydrogen-bond acceptors (Lipinski definition) is 4. The van der Waals surface area contributed by atoms with Crippen molar-refractivity contribution in [3.8, 4) is 0 Å². The van der Waals surface area contributed by atoms with Crippen LogP contribution in [0.2, 0.25) is 0 Å². The first-order valence-corrected chi connectivity index (χ1v) is 6.70. The molecule has 0 bridgehead atoms. The first-order chi connectivity index (χ1) is 8.56. The molecule has 5 nitrogen and oxygen atoms in total. The Morgan fingerprint density at radius 3 is 2.16 bits per heavy atom. The maximum atomic E-state index is 12.0. The Morgan fingerprint density at radius 1 is 1.26 bits per heavy atom. The lowest BCUT2D eigenvalue weighted by atomic mass is 9.88. The highest BCUT2D eigenvalue weighted by Gasteiger charge is 2.27. The van der Waals surface area contributed by atoms with Crippen LogP contribution in [0.25, 0.3) is 0 Å². The van der Waals surface area contributed by atoms with E-state index in [9.17, 15) is 9.59 Å². The summed E-state index contributed by atoms with van der Waals surface area (Å²) < 4.78 is 4.70. The monoisotopic (exact) mass is 272 g/mol. The molecule has 0 unspecified atom stereocenters. The van der Waals surface area contributed by atoms with Crippen LogP contribution in [0.1, 0.15) is 47.5 Å². The van der Waals surface area contributed by atoms with Crippen LogP contribution in [0.5, 0.6) is 0 Å². The molecule has 0 aromatic rings. The molecule has 0 aliphatic rings. The van der Waals surface area contributed by atoms with Gasteiger partial charge in [-0.15, -0.1) is 0 Å². The van der Waals surface area contributed by atoms with E-state index in [1.807, 2.05) is 34.6 Å². The van der Waals surface area contributed by atoms with Gasteiger partial charge in [-0.25, -0.2) is 4.79 Å². The summed E-state index contributed by atoms with van der Waals surface area (Å²) >= 11 is 0. The Balaban J connectivity index is 4.58. The zero-order chi connectivity index (χ0) is 15.2. The quantitative estimate of drug-likeness (QED) is 0.717. The lowest BCUT2D eigenvalue weighted by molar-refractivity contribution is -0.145.